The predicted octanol–water partition coefficient (Wildman–Crippen LogP) is 2.57. The Labute approximate surface area is 138 Å². The number of carbonyl (C=O) groups excluding carboxylic acids is 1. The van der Waals surface area contributed by atoms with Crippen LogP contribution in [-0.2, 0) is 9.59 Å². The Morgan fingerprint density at radius 1 is 1.33 bits per heavy atom. The number of amides is 1. The van der Waals surface area contributed by atoms with Crippen LogP contribution < -0.4 is 10.7 Å². The number of rotatable bonds is 7. The molecule has 6 heteroatoms. The SMILES string of the molecule is CCCCC(NC(=O)/C=C/c1coc2ccccc2c1=O)C(=O)O. The van der Waals surface area contributed by atoms with E-state index in [2.05, 4.69) is 5.32 Å². The van der Waals surface area contributed by atoms with Crippen LogP contribution in [0.4, 0.5) is 0 Å². The molecule has 0 saturated heterocycles. The van der Waals surface area contributed by atoms with Crippen molar-refractivity contribution < 1.29 is 19.1 Å². The quantitative estimate of drug-likeness (QED) is 0.761. The van der Waals surface area contributed by atoms with Gasteiger partial charge in [-0.05, 0) is 24.6 Å². The summed E-state index contributed by atoms with van der Waals surface area (Å²) in [4.78, 5) is 35.3. The van der Waals surface area contributed by atoms with Crippen LogP contribution in [0.25, 0.3) is 17.0 Å². The summed E-state index contributed by atoms with van der Waals surface area (Å²) in [5.74, 6) is -1.64. The molecule has 0 radical (unpaired) electrons. The molecule has 0 aliphatic heterocycles. The molecule has 2 rings (SSSR count). The van der Waals surface area contributed by atoms with Crippen LogP contribution in [0.5, 0.6) is 0 Å². The van der Waals surface area contributed by atoms with E-state index >= 15 is 0 Å². The molecular formula is C18H19NO5. The molecule has 24 heavy (non-hydrogen) atoms. The lowest BCUT2D eigenvalue weighted by Crippen LogP contribution is -2.39. The molecule has 0 bridgehead atoms. The summed E-state index contributed by atoms with van der Waals surface area (Å²) < 4.78 is 5.35. The van der Waals surface area contributed by atoms with Gasteiger partial charge < -0.3 is 14.8 Å². The fourth-order valence-corrected chi connectivity index (χ4v) is 2.26. The number of carboxylic acids is 1. The topological polar surface area (TPSA) is 96.6 Å². The lowest BCUT2D eigenvalue weighted by Gasteiger charge is -2.12. The summed E-state index contributed by atoms with van der Waals surface area (Å²) in [5, 5.41) is 11.9. The molecule has 126 valence electrons. The van der Waals surface area contributed by atoms with Crippen molar-refractivity contribution in [2.75, 3.05) is 0 Å². The Bertz CT molecular complexity index is 822. The zero-order valence-corrected chi connectivity index (χ0v) is 13.3. The number of para-hydroxylation sites is 1. The Morgan fingerprint density at radius 3 is 2.79 bits per heavy atom. The number of carbonyl (C=O) groups is 2. The minimum Gasteiger partial charge on any atom is -0.480 e. The molecule has 0 aliphatic rings. The van der Waals surface area contributed by atoms with E-state index in [4.69, 9.17) is 9.52 Å². The predicted molar refractivity (Wildman–Crippen MR) is 90.6 cm³/mol. The van der Waals surface area contributed by atoms with Gasteiger partial charge in [-0.15, -0.1) is 0 Å². The molecule has 0 aliphatic carbocycles. The number of hydrogen-bond donors (Lipinski definition) is 2. The van der Waals surface area contributed by atoms with E-state index in [1.54, 1.807) is 24.3 Å². The van der Waals surface area contributed by atoms with Crippen molar-refractivity contribution >= 4 is 28.9 Å². The lowest BCUT2D eigenvalue weighted by molar-refractivity contribution is -0.141. The second kappa shape index (κ2) is 8.10. The highest BCUT2D eigenvalue weighted by Crippen LogP contribution is 2.11. The lowest BCUT2D eigenvalue weighted by atomic mass is 10.1. The average molecular weight is 329 g/mol. The smallest absolute Gasteiger partial charge is 0.326 e. The number of hydrogen-bond acceptors (Lipinski definition) is 4. The molecule has 1 unspecified atom stereocenters. The molecule has 0 spiro atoms. The van der Waals surface area contributed by atoms with E-state index in [1.807, 2.05) is 6.92 Å². The van der Waals surface area contributed by atoms with Gasteiger partial charge in [0.1, 0.15) is 17.9 Å². The first-order valence-electron chi connectivity index (χ1n) is 7.75. The molecule has 2 aromatic rings. The van der Waals surface area contributed by atoms with E-state index in [-0.39, 0.29) is 11.0 Å². The maximum atomic E-state index is 12.3. The number of carboxylic acid groups (broad SMARTS) is 1. The van der Waals surface area contributed by atoms with Gasteiger partial charge in [0, 0.05) is 6.08 Å². The zero-order chi connectivity index (χ0) is 17.5. The van der Waals surface area contributed by atoms with Crippen molar-refractivity contribution in [3.8, 4) is 0 Å². The van der Waals surface area contributed by atoms with Crippen molar-refractivity contribution in [2.24, 2.45) is 0 Å². The van der Waals surface area contributed by atoms with Crippen molar-refractivity contribution in [1.82, 2.24) is 5.32 Å². The second-order valence-electron chi connectivity index (χ2n) is 5.39. The fourth-order valence-electron chi connectivity index (χ4n) is 2.26. The largest absolute Gasteiger partial charge is 0.480 e. The molecule has 1 aromatic carbocycles. The van der Waals surface area contributed by atoms with Gasteiger partial charge in [0.05, 0.1) is 10.9 Å². The van der Waals surface area contributed by atoms with Gasteiger partial charge >= 0.3 is 5.97 Å². The minimum atomic E-state index is -1.07. The van der Waals surface area contributed by atoms with Crippen LogP contribution in [0, 0.1) is 0 Å². The Hall–Kier alpha value is -2.89. The van der Waals surface area contributed by atoms with E-state index in [9.17, 15) is 14.4 Å². The van der Waals surface area contributed by atoms with Gasteiger partial charge in [-0.25, -0.2) is 4.79 Å². The van der Waals surface area contributed by atoms with Gasteiger partial charge in [0.15, 0.2) is 5.43 Å². The summed E-state index contributed by atoms with van der Waals surface area (Å²) in [5.41, 5.74) is 0.445. The van der Waals surface area contributed by atoms with Crippen LogP contribution in [-0.4, -0.2) is 23.0 Å². The van der Waals surface area contributed by atoms with Crippen molar-refractivity contribution in [3.05, 3.63) is 52.4 Å². The van der Waals surface area contributed by atoms with Crippen molar-refractivity contribution in [2.45, 2.75) is 32.2 Å². The number of aliphatic carboxylic acids is 1. The van der Waals surface area contributed by atoms with Crippen LogP contribution in [0.1, 0.15) is 31.7 Å². The summed E-state index contributed by atoms with van der Waals surface area (Å²) in [6.45, 7) is 1.94. The molecule has 0 saturated carbocycles. The van der Waals surface area contributed by atoms with Crippen LogP contribution in [0.2, 0.25) is 0 Å². The fraction of sp³-hybridized carbons (Fsp3) is 0.278. The van der Waals surface area contributed by atoms with Crippen molar-refractivity contribution in [1.29, 1.82) is 0 Å². The van der Waals surface area contributed by atoms with Gasteiger partial charge in [0.2, 0.25) is 5.91 Å². The molecule has 1 atom stereocenters. The molecular weight excluding hydrogens is 310 g/mol. The van der Waals surface area contributed by atoms with Crippen LogP contribution in [0.3, 0.4) is 0 Å². The third kappa shape index (κ3) is 4.32. The van der Waals surface area contributed by atoms with Gasteiger partial charge in [0.25, 0.3) is 0 Å². The van der Waals surface area contributed by atoms with E-state index in [0.717, 1.165) is 12.5 Å². The van der Waals surface area contributed by atoms with E-state index in [0.29, 0.717) is 23.8 Å². The van der Waals surface area contributed by atoms with E-state index < -0.39 is 17.9 Å². The number of nitrogens with one attached hydrogen (secondary N) is 1. The van der Waals surface area contributed by atoms with E-state index in [1.165, 1.54) is 12.3 Å². The first-order chi connectivity index (χ1) is 11.5. The maximum Gasteiger partial charge on any atom is 0.326 e. The summed E-state index contributed by atoms with van der Waals surface area (Å²) in [6.07, 6.45) is 5.65. The van der Waals surface area contributed by atoms with Gasteiger partial charge in [-0.3, -0.25) is 9.59 Å². The van der Waals surface area contributed by atoms with Crippen LogP contribution >= 0.6 is 0 Å². The molecule has 6 nitrogen and oxygen atoms in total. The zero-order valence-electron chi connectivity index (χ0n) is 13.3. The number of unbranched alkanes of at least 4 members (excludes halogenated alkanes) is 1. The number of fused-ring (bicyclic) bond motifs is 1. The minimum absolute atomic E-state index is 0.226. The first-order valence-corrected chi connectivity index (χ1v) is 7.75. The molecule has 1 amide bonds. The van der Waals surface area contributed by atoms with Crippen LogP contribution in [0.15, 0.2) is 45.8 Å². The maximum absolute atomic E-state index is 12.3. The summed E-state index contributed by atoms with van der Waals surface area (Å²) in [7, 11) is 0. The highest BCUT2D eigenvalue weighted by Gasteiger charge is 2.17. The molecule has 2 N–H and O–H groups in total. The third-order valence-electron chi connectivity index (χ3n) is 3.58. The summed E-state index contributed by atoms with van der Waals surface area (Å²) >= 11 is 0. The molecule has 1 heterocycles. The average Bonchev–Trinajstić information content (AvgIpc) is 2.58. The third-order valence-corrected chi connectivity index (χ3v) is 3.58. The van der Waals surface area contributed by atoms with Crippen molar-refractivity contribution in [3.63, 3.8) is 0 Å². The summed E-state index contributed by atoms with van der Waals surface area (Å²) in [6, 6.07) is 5.88. The Morgan fingerprint density at radius 2 is 2.08 bits per heavy atom. The Kier molecular flexibility index (Phi) is 5.89. The van der Waals surface area contributed by atoms with Gasteiger partial charge in [-0.2, -0.15) is 0 Å². The first kappa shape index (κ1) is 17.5. The van der Waals surface area contributed by atoms with Gasteiger partial charge in [-0.1, -0.05) is 31.9 Å². The molecule has 1 aromatic heterocycles. The highest BCUT2D eigenvalue weighted by atomic mass is 16.4. The highest BCUT2D eigenvalue weighted by molar-refractivity contribution is 5.94. The normalized spacial score (nSPS) is 12.4. The Balaban J connectivity index is 2.12. The second-order valence-corrected chi connectivity index (χ2v) is 5.39. The monoisotopic (exact) mass is 329 g/mol. The number of benzene rings is 1. The molecule has 0 fully saturated rings. The standard InChI is InChI=1S/C18H19NO5/c1-2-3-7-14(18(22)23)19-16(20)10-9-12-11-24-15-8-5-4-6-13(15)17(12)21/h4-6,8-11,14H,2-3,7H2,1H3,(H,19,20)(H,22,23)/b10-9+.